The molecule has 50 valence electrons. The van der Waals surface area contributed by atoms with Gasteiger partial charge >= 0.3 is 37.9 Å². The Hall–Kier alpha value is 1.46. The van der Waals surface area contributed by atoms with E-state index in [-0.39, 0.29) is 0 Å². The molecule has 0 bridgehead atoms. The Bertz CT molecular complexity index is 24.4. The Kier molecular flexibility index (Phi) is 24.0. The Balaban J connectivity index is 0. The molecule has 0 atom stereocenters. The summed E-state index contributed by atoms with van der Waals surface area (Å²) in [5.41, 5.74) is 0. The molecule has 0 saturated heterocycles. The summed E-state index contributed by atoms with van der Waals surface area (Å²) in [7, 11) is 9.87. The Morgan fingerprint density at radius 1 is 1.12 bits per heavy atom. The summed E-state index contributed by atoms with van der Waals surface area (Å²) in [4.78, 5) is 0. The molecule has 0 nitrogen and oxygen atoms in total. The van der Waals surface area contributed by atoms with Crippen LogP contribution >= 0.6 is 17.0 Å². The first-order valence-electron chi connectivity index (χ1n) is 2.79. The molecule has 0 spiro atoms. The normalized spacial score (nSPS) is 7.00. The van der Waals surface area contributed by atoms with Gasteiger partial charge in [-0.2, -0.15) is 0 Å². The van der Waals surface area contributed by atoms with Gasteiger partial charge < -0.3 is 0 Å². The minimum atomic E-state index is -0.826. The SMILES string of the molecule is CCCCC.[Cl][Zr][Cl]. The van der Waals surface area contributed by atoms with Crippen molar-refractivity contribution < 1.29 is 20.8 Å². The van der Waals surface area contributed by atoms with Gasteiger partial charge in [-0.25, -0.2) is 0 Å². The third-order valence-electron chi connectivity index (χ3n) is 0.707. The topological polar surface area (TPSA) is 0 Å². The third kappa shape index (κ3) is 26.0. The van der Waals surface area contributed by atoms with Gasteiger partial charge in [0.05, 0.1) is 0 Å². The van der Waals surface area contributed by atoms with Gasteiger partial charge in [0.25, 0.3) is 0 Å². The van der Waals surface area contributed by atoms with Crippen LogP contribution in [-0.2, 0) is 20.8 Å². The van der Waals surface area contributed by atoms with E-state index >= 15 is 0 Å². The standard InChI is InChI=1S/C5H12.2ClH.Zr/c1-3-5-4-2;;;/h3-5H2,1-2H3;2*1H;/q;;;+2/p-2. The molecule has 0 aromatic rings. The van der Waals surface area contributed by atoms with E-state index in [0.29, 0.717) is 0 Å². The van der Waals surface area contributed by atoms with Crippen LogP contribution in [0.5, 0.6) is 0 Å². The van der Waals surface area contributed by atoms with Crippen molar-refractivity contribution in [3.63, 3.8) is 0 Å². The van der Waals surface area contributed by atoms with Crippen LogP contribution in [0.1, 0.15) is 33.1 Å². The zero-order chi connectivity index (χ0) is 6.83. The second kappa shape index (κ2) is 15.8. The molecule has 3 heteroatoms. The van der Waals surface area contributed by atoms with E-state index in [1.807, 2.05) is 0 Å². The number of unbranched alkanes of at least 4 members (excludes halogenated alkanes) is 2. The zero-order valence-corrected chi connectivity index (χ0v) is 9.35. The molecule has 8 heavy (non-hydrogen) atoms. The van der Waals surface area contributed by atoms with E-state index in [2.05, 4.69) is 13.8 Å². The predicted octanol–water partition coefficient (Wildman–Crippen LogP) is 3.57. The third-order valence-corrected chi connectivity index (χ3v) is 0.707. The van der Waals surface area contributed by atoms with Crippen molar-refractivity contribution in [1.29, 1.82) is 0 Å². The van der Waals surface area contributed by atoms with E-state index in [1.54, 1.807) is 0 Å². The van der Waals surface area contributed by atoms with Crippen molar-refractivity contribution >= 4 is 17.0 Å². The number of halogens is 2. The molecule has 0 rings (SSSR count). The molecule has 0 aromatic heterocycles. The fourth-order valence-corrected chi connectivity index (χ4v) is 0.354. The van der Waals surface area contributed by atoms with Crippen LogP contribution in [0, 0.1) is 0 Å². The van der Waals surface area contributed by atoms with Crippen LogP contribution in [0.3, 0.4) is 0 Å². The fourth-order valence-electron chi connectivity index (χ4n) is 0.354. The second-order valence-electron chi connectivity index (χ2n) is 1.42. The van der Waals surface area contributed by atoms with Crippen molar-refractivity contribution in [2.24, 2.45) is 0 Å². The van der Waals surface area contributed by atoms with E-state index in [4.69, 9.17) is 17.0 Å². The van der Waals surface area contributed by atoms with Gasteiger partial charge in [-0.05, 0) is 0 Å². The zero-order valence-electron chi connectivity index (χ0n) is 5.38. The summed E-state index contributed by atoms with van der Waals surface area (Å²) in [6.07, 6.45) is 4.08. The average molecular weight is 234 g/mol. The molecular weight excluding hydrogens is 222 g/mol. The van der Waals surface area contributed by atoms with Gasteiger partial charge in [0, 0.05) is 0 Å². The van der Waals surface area contributed by atoms with Gasteiger partial charge in [-0.15, -0.1) is 0 Å². The van der Waals surface area contributed by atoms with Crippen molar-refractivity contribution in [1.82, 2.24) is 0 Å². The molecule has 0 N–H and O–H groups in total. The molecule has 0 aliphatic rings. The van der Waals surface area contributed by atoms with Gasteiger partial charge in [-0.1, -0.05) is 33.1 Å². The summed E-state index contributed by atoms with van der Waals surface area (Å²) in [6.45, 7) is 4.42. The summed E-state index contributed by atoms with van der Waals surface area (Å²) in [5, 5.41) is 0. The molecule has 0 unspecified atom stereocenters. The molecule has 0 amide bonds. The van der Waals surface area contributed by atoms with Crippen LogP contribution in [0.25, 0.3) is 0 Å². The van der Waals surface area contributed by atoms with E-state index in [1.165, 1.54) is 19.3 Å². The first-order chi connectivity index (χ1) is 3.83. The molecule has 0 saturated carbocycles. The average Bonchev–Trinajstić information content (AvgIpc) is 1.71. The summed E-state index contributed by atoms with van der Waals surface area (Å²) < 4.78 is 0. The van der Waals surface area contributed by atoms with Gasteiger partial charge in [0.2, 0.25) is 0 Å². The first kappa shape index (κ1) is 12.2. The van der Waals surface area contributed by atoms with Gasteiger partial charge in [-0.3, -0.25) is 0 Å². The van der Waals surface area contributed by atoms with Crippen LogP contribution in [-0.4, -0.2) is 0 Å². The van der Waals surface area contributed by atoms with Gasteiger partial charge in [0.1, 0.15) is 0 Å². The molecule has 0 radical (unpaired) electrons. The minimum absolute atomic E-state index is 0.826. The van der Waals surface area contributed by atoms with Crippen molar-refractivity contribution in [2.45, 2.75) is 33.1 Å². The number of hydrogen-bond acceptors (Lipinski definition) is 0. The maximum atomic E-state index is 4.93. The van der Waals surface area contributed by atoms with E-state index in [0.717, 1.165) is 0 Å². The van der Waals surface area contributed by atoms with Crippen LogP contribution < -0.4 is 0 Å². The molecule has 0 aliphatic carbocycles. The van der Waals surface area contributed by atoms with Gasteiger partial charge in [0.15, 0.2) is 0 Å². The quantitative estimate of drug-likeness (QED) is 0.685. The second-order valence-corrected chi connectivity index (χ2v) is 5.16. The fraction of sp³-hybridized carbons (Fsp3) is 1.00. The molecule has 0 aromatic carbocycles. The Morgan fingerprint density at radius 3 is 1.38 bits per heavy atom. The maximum absolute atomic E-state index is 4.93. The monoisotopic (exact) mass is 232 g/mol. The molecule has 0 heterocycles. The van der Waals surface area contributed by atoms with Crippen LogP contribution in [0.15, 0.2) is 0 Å². The number of rotatable bonds is 2. The van der Waals surface area contributed by atoms with Crippen molar-refractivity contribution in [3.8, 4) is 0 Å². The molecular formula is C5H12Cl2Zr. The van der Waals surface area contributed by atoms with E-state index in [9.17, 15) is 0 Å². The Morgan fingerprint density at radius 2 is 1.38 bits per heavy atom. The molecule has 0 fully saturated rings. The Labute approximate surface area is 70.6 Å². The van der Waals surface area contributed by atoms with Crippen LogP contribution in [0.2, 0.25) is 0 Å². The van der Waals surface area contributed by atoms with Crippen LogP contribution in [0.4, 0.5) is 0 Å². The summed E-state index contributed by atoms with van der Waals surface area (Å²) in [5.74, 6) is 0. The summed E-state index contributed by atoms with van der Waals surface area (Å²) >= 11 is -0.826. The molecule has 0 aliphatic heterocycles. The summed E-state index contributed by atoms with van der Waals surface area (Å²) in [6, 6.07) is 0. The first-order valence-corrected chi connectivity index (χ1v) is 9.12. The van der Waals surface area contributed by atoms with E-state index < -0.39 is 20.8 Å². The van der Waals surface area contributed by atoms with Crippen molar-refractivity contribution in [3.05, 3.63) is 0 Å². The van der Waals surface area contributed by atoms with Crippen molar-refractivity contribution in [2.75, 3.05) is 0 Å². The predicted molar refractivity (Wildman–Crippen MR) is 36.9 cm³/mol. The number of hydrogen-bond donors (Lipinski definition) is 0.